The first-order valence-electron chi connectivity index (χ1n) is 16.4. The number of imidazole rings is 1. The maximum Gasteiger partial charge on any atom is 0.259 e. The molecule has 3 aromatic heterocycles. The van der Waals surface area contributed by atoms with Gasteiger partial charge in [0.15, 0.2) is 0 Å². The number of piperazine rings is 1. The van der Waals surface area contributed by atoms with E-state index in [0.29, 0.717) is 65.9 Å². The lowest BCUT2D eigenvalue weighted by atomic mass is 10.0. The van der Waals surface area contributed by atoms with Crippen molar-refractivity contribution in [2.75, 3.05) is 62.2 Å². The molecular formula is C37H34F2N8O5S. The average Bonchev–Trinajstić information content (AvgIpc) is 3.56. The molecule has 0 spiro atoms. The van der Waals surface area contributed by atoms with Crippen LogP contribution in [0.1, 0.15) is 10.4 Å². The Balaban J connectivity index is 1.21. The number of pyridine rings is 1. The van der Waals surface area contributed by atoms with Crippen LogP contribution in [0, 0.1) is 11.6 Å². The van der Waals surface area contributed by atoms with Gasteiger partial charge in [-0.2, -0.15) is 4.31 Å². The van der Waals surface area contributed by atoms with Gasteiger partial charge in [0.25, 0.3) is 5.91 Å². The lowest BCUT2D eigenvalue weighted by molar-refractivity contribution is 0.102. The second kappa shape index (κ2) is 14.5. The van der Waals surface area contributed by atoms with Crippen LogP contribution in [0.4, 0.5) is 31.8 Å². The van der Waals surface area contributed by atoms with E-state index >= 15 is 0 Å². The number of nitrogens with zero attached hydrogens (tertiary/aromatic N) is 6. The summed E-state index contributed by atoms with van der Waals surface area (Å²) in [5.74, 6) is -1.60. The zero-order valence-corrected chi connectivity index (χ0v) is 29.7. The predicted molar refractivity (Wildman–Crippen MR) is 197 cm³/mol. The minimum Gasteiger partial charge on any atom is -0.496 e. The van der Waals surface area contributed by atoms with Gasteiger partial charge in [-0.3, -0.25) is 9.20 Å². The van der Waals surface area contributed by atoms with Gasteiger partial charge in [-0.15, -0.1) is 0 Å². The third-order valence-corrected chi connectivity index (χ3v) is 10.2. The molecule has 272 valence electrons. The molecule has 16 heteroatoms. The van der Waals surface area contributed by atoms with E-state index in [0.717, 1.165) is 17.8 Å². The molecule has 0 aliphatic carbocycles. The molecule has 1 fully saturated rings. The molecule has 53 heavy (non-hydrogen) atoms. The van der Waals surface area contributed by atoms with Crippen LogP contribution in [-0.2, 0) is 10.0 Å². The SMILES string of the molecule is COc1cc(N2CCN(S(C)(=O)=O)CC2)ccc1Nc1nccc(-c2c(-c3ccc(OC)c(C(=O)Nc4c(F)cccc4F)c3)nc3ccccn23)n1. The van der Waals surface area contributed by atoms with Crippen molar-refractivity contribution in [3.63, 3.8) is 0 Å². The summed E-state index contributed by atoms with van der Waals surface area (Å²) in [5, 5.41) is 5.58. The van der Waals surface area contributed by atoms with Gasteiger partial charge < -0.3 is 25.0 Å². The van der Waals surface area contributed by atoms with Crippen molar-refractivity contribution in [2.45, 2.75) is 0 Å². The highest BCUT2D eigenvalue weighted by Gasteiger charge is 2.25. The number of amides is 1. The van der Waals surface area contributed by atoms with Gasteiger partial charge in [0.2, 0.25) is 16.0 Å². The number of hydrogen-bond acceptors (Lipinski definition) is 10. The van der Waals surface area contributed by atoms with Crippen LogP contribution < -0.4 is 25.0 Å². The number of sulfonamides is 1. The normalized spacial score (nSPS) is 13.6. The lowest BCUT2D eigenvalue weighted by Crippen LogP contribution is -2.48. The first-order valence-corrected chi connectivity index (χ1v) is 18.3. The lowest BCUT2D eigenvalue weighted by Gasteiger charge is -2.35. The molecule has 4 heterocycles. The van der Waals surface area contributed by atoms with Gasteiger partial charge in [-0.1, -0.05) is 12.1 Å². The first-order chi connectivity index (χ1) is 25.5. The third-order valence-electron chi connectivity index (χ3n) is 8.85. The first kappa shape index (κ1) is 35.3. The number of aromatic nitrogens is 4. The smallest absolute Gasteiger partial charge is 0.259 e. The van der Waals surface area contributed by atoms with Crippen LogP contribution in [-0.4, -0.2) is 84.6 Å². The molecule has 3 aromatic carbocycles. The molecule has 0 atom stereocenters. The van der Waals surface area contributed by atoms with Crippen molar-refractivity contribution in [1.29, 1.82) is 0 Å². The molecule has 6 aromatic rings. The molecule has 1 amide bonds. The summed E-state index contributed by atoms with van der Waals surface area (Å²) in [6, 6.07) is 21.1. The number of rotatable bonds is 10. The van der Waals surface area contributed by atoms with Crippen molar-refractivity contribution < 1.29 is 31.5 Å². The van der Waals surface area contributed by atoms with Crippen LogP contribution >= 0.6 is 0 Å². The van der Waals surface area contributed by atoms with E-state index in [1.807, 2.05) is 47.0 Å². The van der Waals surface area contributed by atoms with E-state index in [9.17, 15) is 22.0 Å². The summed E-state index contributed by atoms with van der Waals surface area (Å²) >= 11 is 0. The largest absolute Gasteiger partial charge is 0.496 e. The van der Waals surface area contributed by atoms with Crippen molar-refractivity contribution in [3.8, 4) is 34.1 Å². The van der Waals surface area contributed by atoms with Gasteiger partial charge in [-0.25, -0.2) is 32.2 Å². The Morgan fingerprint density at radius 1 is 0.849 bits per heavy atom. The number of anilines is 4. The topological polar surface area (TPSA) is 143 Å². The van der Waals surface area contributed by atoms with Crippen molar-refractivity contribution in [2.24, 2.45) is 0 Å². The zero-order chi connectivity index (χ0) is 37.3. The number of fused-ring (bicyclic) bond motifs is 1. The van der Waals surface area contributed by atoms with E-state index < -0.39 is 33.3 Å². The molecule has 1 aliphatic rings. The number of hydrogen-bond donors (Lipinski definition) is 2. The fourth-order valence-electron chi connectivity index (χ4n) is 6.20. The minimum absolute atomic E-state index is 0.0357. The van der Waals surface area contributed by atoms with E-state index in [2.05, 4.69) is 20.5 Å². The summed E-state index contributed by atoms with van der Waals surface area (Å²) in [5.41, 5.74) is 3.67. The summed E-state index contributed by atoms with van der Waals surface area (Å²) in [4.78, 5) is 29.7. The van der Waals surface area contributed by atoms with E-state index in [1.165, 1.54) is 23.7 Å². The molecule has 13 nitrogen and oxygen atoms in total. The monoisotopic (exact) mass is 740 g/mol. The summed E-state index contributed by atoms with van der Waals surface area (Å²) in [6.45, 7) is 1.87. The van der Waals surface area contributed by atoms with Crippen LogP contribution in [0.15, 0.2) is 91.3 Å². The number of carbonyl (C=O) groups is 1. The fourth-order valence-corrected chi connectivity index (χ4v) is 7.03. The molecule has 1 aliphatic heterocycles. The molecule has 2 N–H and O–H groups in total. The second-order valence-corrected chi connectivity index (χ2v) is 14.1. The molecule has 0 saturated carbocycles. The van der Waals surface area contributed by atoms with E-state index in [-0.39, 0.29) is 17.3 Å². The number of methoxy groups -OCH3 is 2. The molecule has 0 unspecified atom stereocenters. The highest BCUT2D eigenvalue weighted by Crippen LogP contribution is 2.36. The predicted octanol–water partition coefficient (Wildman–Crippen LogP) is 5.83. The number of benzene rings is 3. The molecule has 1 saturated heterocycles. The Morgan fingerprint density at radius 2 is 1.60 bits per heavy atom. The van der Waals surface area contributed by atoms with Crippen molar-refractivity contribution in [1.82, 2.24) is 23.7 Å². The van der Waals surface area contributed by atoms with E-state index in [4.69, 9.17) is 19.4 Å². The second-order valence-electron chi connectivity index (χ2n) is 12.1. The van der Waals surface area contributed by atoms with Crippen molar-refractivity contribution in [3.05, 3.63) is 108 Å². The highest BCUT2D eigenvalue weighted by molar-refractivity contribution is 7.88. The maximum absolute atomic E-state index is 14.4. The zero-order valence-electron chi connectivity index (χ0n) is 28.9. The molecule has 7 rings (SSSR count). The van der Waals surface area contributed by atoms with Gasteiger partial charge in [0.05, 0.1) is 48.8 Å². The fraction of sp³-hybridized carbons (Fsp3) is 0.189. The minimum atomic E-state index is -3.25. The number of ether oxygens (including phenoxy) is 2. The van der Waals surface area contributed by atoms with Crippen LogP contribution in [0.3, 0.4) is 0 Å². The van der Waals surface area contributed by atoms with Gasteiger partial charge in [0, 0.05) is 55.9 Å². The van der Waals surface area contributed by atoms with Gasteiger partial charge >= 0.3 is 0 Å². The highest BCUT2D eigenvalue weighted by atomic mass is 32.2. The molecule has 0 radical (unpaired) electrons. The van der Waals surface area contributed by atoms with Gasteiger partial charge in [0.1, 0.15) is 34.5 Å². The summed E-state index contributed by atoms with van der Waals surface area (Å²) in [6.07, 6.45) is 4.66. The maximum atomic E-state index is 14.4. The number of para-hydroxylation sites is 1. The average molecular weight is 741 g/mol. The quantitative estimate of drug-likeness (QED) is 0.176. The third kappa shape index (κ3) is 7.18. The number of carbonyl (C=O) groups excluding carboxylic acids is 1. The molecular weight excluding hydrogens is 707 g/mol. The van der Waals surface area contributed by atoms with Crippen LogP contribution in [0.5, 0.6) is 11.5 Å². The van der Waals surface area contributed by atoms with Gasteiger partial charge in [-0.05, 0) is 60.7 Å². The Bertz CT molecular complexity index is 2430. The number of halogens is 2. The summed E-state index contributed by atoms with van der Waals surface area (Å²) in [7, 11) is -0.295. The molecule has 0 bridgehead atoms. The van der Waals surface area contributed by atoms with Crippen LogP contribution in [0.2, 0.25) is 0 Å². The van der Waals surface area contributed by atoms with Crippen molar-refractivity contribution >= 4 is 44.6 Å². The Hall–Kier alpha value is -6.13. The summed E-state index contributed by atoms with van der Waals surface area (Å²) < 4.78 is 67.2. The standard InChI is InChI=1S/C37H34F2N8O5S/c1-51-30-13-10-23(21-25(30)36(48)44-34-26(38)7-6-8-27(34)39)33-35(47-16-5-4-9-32(47)43-33)29-14-15-40-37(42-29)41-28-12-11-24(22-31(28)52-2)45-17-19-46(20-18-45)53(3,49)50/h4-16,21-22H,17-20H2,1-3H3,(H,44,48)(H,40,41,42). The van der Waals surface area contributed by atoms with E-state index in [1.54, 1.807) is 37.6 Å². The Labute approximate surface area is 303 Å². The van der Waals surface area contributed by atoms with Crippen LogP contribution in [0.25, 0.3) is 28.3 Å². The number of nitrogens with one attached hydrogen (secondary N) is 2. The Morgan fingerprint density at radius 3 is 2.32 bits per heavy atom. The Kier molecular flexibility index (Phi) is 9.64.